The van der Waals surface area contributed by atoms with Gasteiger partial charge in [0.2, 0.25) is 0 Å². The molecule has 0 aliphatic heterocycles. The minimum atomic E-state index is -1.02. The Kier molecular flexibility index (Phi) is 8.95. The number of carbonyl (C=O) groups excluding carboxylic acids is 1. The van der Waals surface area contributed by atoms with Crippen molar-refractivity contribution in [3.63, 3.8) is 0 Å². The Morgan fingerprint density at radius 2 is 1.89 bits per heavy atom. The predicted molar refractivity (Wildman–Crippen MR) is 73.1 cm³/mol. The quantitative estimate of drug-likeness (QED) is 0.555. The lowest BCUT2D eigenvalue weighted by Crippen LogP contribution is -2.47. The maximum atomic E-state index is 11.6. The summed E-state index contributed by atoms with van der Waals surface area (Å²) < 4.78 is 4.86. The number of amides is 2. The fraction of sp³-hybridized carbons (Fsp3) is 0.846. The number of carboxylic acid groups (broad SMARTS) is 1. The Balaban J connectivity index is 4.06. The lowest BCUT2D eigenvalue weighted by molar-refractivity contribution is -0.139. The van der Waals surface area contributed by atoms with Crippen molar-refractivity contribution in [1.82, 2.24) is 10.6 Å². The number of nitrogens with one attached hydrogen (secondary N) is 2. The fourth-order valence-electron chi connectivity index (χ4n) is 1.39. The summed E-state index contributed by atoms with van der Waals surface area (Å²) in [5.41, 5.74) is 0. The van der Waals surface area contributed by atoms with Crippen LogP contribution in [0.15, 0.2) is 0 Å². The van der Waals surface area contributed by atoms with Crippen LogP contribution in [-0.4, -0.2) is 43.4 Å². The van der Waals surface area contributed by atoms with Crippen LogP contribution in [0.3, 0.4) is 0 Å². The normalized spacial score (nSPS) is 13.9. The van der Waals surface area contributed by atoms with Gasteiger partial charge in [0.05, 0.1) is 0 Å². The average Bonchev–Trinajstić information content (AvgIpc) is 2.34. The van der Waals surface area contributed by atoms with Crippen LogP contribution in [0.1, 0.15) is 33.6 Å². The first-order valence-corrected chi connectivity index (χ1v) is 6.64. The molecule has 0 heterocycles. The van der Waals surface area contributed by atoms with E-state index in [9.17, 15) is 9.59 Å². The molecule has 0 radical (unpaired) electrons. The minimum Gasteiger partial charge on any atom is -0.480 e. The van der Waals surface area contributed by atoms with E-state index < -0.39 is 18.0 Å². The zero-order chi connectivity index (χ0) is 14.8. The molecule has 0 fully saturated rings. The number of carbonyl (C=O) groups is 2. The van der Waals surface area contributed by atoms with Crippen LogP contribution in [0, 0.1) is 11.8 Å². The summed E-state index contributed by atoms with van der Waals surface area (Å²) in [6.45, 7) is 7.22. The monoisotopic (exact) mass is 274 g/mol. The van der Waals surface area contributed by atoms with Gasteiger partial charge >= 0.3 is 12.0 Å². The van der Waals surface area contributed by atoms with Gasteiger partial charge in [0, 0.05) is 20.3 Å². The third kappa shape index (κ3) is 8.42. The van der Waals surface area contributed by atoms with Crippen molar-refractivity contribution in [2.24, 2.45) is 11.8 Å². The molecule has 0 aromatic heterocycles. The summed E-state index contributed by atoms with van der Waals surface area (Å²) in [5, 5.41) is 14.2. The maximum absolute atomic E-state index is 11.6. The van der Waals surface area contributed by atoms with E-state index in [1.165, 1.54) is 0 Å². The van der Waals surface area contributed by atoms with Crippen LogP contribution in [0.25, 0.3) is 0 Å². The smallest absolute Gasteiger partial charge is 0.326 e. The first-order chi connectivity index (χ1) is 8.88. The third-order valence-electron chi connectivity index (χ3n) is 3.17. The second-order valence-corrected chi connectivity index (χ2v) is 5.10. The Morgan fingerprint density at radius 3 is 2.37 bits per heavy atom. The third-order valence-corrected chi connectivity index (χ3v) is 3.17. The van der Waals surface area contributed by atoms with Gasteiger partial charge in [-0.25, -0.2) is 9.59 Å². The van der Waals surface area contributed by atoms with Gasteiger partial charge in [-0.1, -0.05) is 20.8 Å². The number of methoxy groups -OCH3 is 1. The van der Waals surface area contributed by atoms with E-state index >= 15 is 0 Å². The predicted octanol–water partition coefficient (Wildman–Crippen LogP) is 1.46. The van der Waals surface area contributed by atoms with Crippen LogP contribution in [0.5, 0.6) is 0 Å². The number of rotatable bonds is 9. The maximum Gasteiger partial charge on any atom is 0.326 e. The Bertz CT molecular complexity index is 282. The summed E-state index contributed by atoms with van der Waals surface area (Å²) in [7, 11) is 1.56. The molecule has 0 aliphatic carbocycles. The molecular weight excluding hydrogens is 248 g/mol. The Labute approximate surface area is 114 Å². The highest BCUT2D eigenvalue weighted by Gasteiger charge is 2.19. The molecule has 6 heteroatoms. The average molecular weight is 274 g/mol. The van der Waals surface area contributed by atoms with Crippen molar-refractivity contribution in [3.8, 4) is 0 Å². The number of hydrogen-bond acceptors (Lipinski definition) is 3. The van der Waals surface area contributed by atoms with E-state index in [2.05, 4.69) is 24.5 Å². The molecule has 2 unspecified atom stereocenters. The molecule has 0 saturated carbocycles. The lowest BCUT2D eigenvalue weighted by atomic mass is 9.98. The molecule has 0 spiro atoms. The molecule has 0 bridgehead atoms. The lowest BCUT2D eigenvalue weighted by Gasteiger charge is -2.18. The molecule has 0 aromatic rings. The fourth-order valence-corrected chi connectivity index (χ4v) is 1.39. The molecule has 19 heavy (non-hydrogen) atoms. The second kappa shape index (κ2) is 9.61. The van der Waals surface area contributed by atoms with Gasteiger partial charge in [-0.15, -0.1) is 0 Å². The SMILES string of the molecule is COCCCC(NC(=O)NCC(C)C(C)C)C(=O)O. The number of carboxylic acids is 1. The van der Waals surface area contributed by atoms with Crippen molar-refractivity contribution in [3.05, 3.63) is 0 Å². The zero-order valence-electron chi connectivity index (χ0n) is 12.2. The van der Waals surface area contributed by atoms with Gasteiger partial charge in [0.1, 0.15) is 6.04 Å². The van der Waals surface area contributed by atoms with Gasteiger partial charge in [-0.05, 0) is 24.7 Å². The van der Waals surface area contributed by atoms with Crippen LogP contribution in [0.2, 0.25) is 0 Å². The molecule has 0 aromatic carbocycles. The summed E-state index contributed by atoms with van der Waals surface area (Å²) in [6, 6.07) is -1.30. The van der Waals surface area contributed by atoms with E-state index in [1.807, 2.05) is 6.92 Å². The first kappa shape index (κ1) is 17.7. The first-order valence-electron chi connectivity index (χ1n) is 6.64. The van der Waals surface area contributed by atoms with Gasteiger partial charge < -0.3 is 20.5 Å². The molecule has 6 nitrogen and oxygen atoms in total. The molecule has 0 saturated heterocycles. The van der Waals surface area contributed by atoms with E-state index in [4.69, 9.17) is 9.84 Å². The van der Waals surface area contributed by atoms with Crippen molar-refractivity contribution in [2.75, 3.05) is 20.3 Å². The van der Waals surface area contributed by atoms with Gasteiger partial charge in [0.15, 0.2) is 0 Å². The summed E-state index contributed by atoms with van der Waals surface area (Å²) >= 11 is 0. The van der Waals surface area contributed by atoms with Crippen molar-refractivity contribution in [2.45, 2.75) is 39.7 Å². The largest absolute Gasteiger partial charge is 0.480 e. The molecule has 2 amide bonds. The number of hydrogen-bond donors (Lipinski definition) is 3. The highest BCUT2D eigenvalue weighted by molar-refractivity contribution is 5.82. The van der Waals surface area contributed by atoms with E-state index in [0.717, 1.165) is 0 Å². The molecule has 3 N–H and O–H groups in total. The van der Waals surface area contributed by atoms with E-state index in [-0.39, 0.29) is 0 Å². The second-order valence-electron chi connectivity index (χ2n) is 5.10. The number of aliphatic carboxylic acids is 1. The highest BCUT2D eigenvalue weighted by Crippen LogP contribution is 2.07. The van der Waals surface area contributed by atoms with E-state index in [0.29, 0.717) is 37.8 Å². The zero-order valence-corrected chi connectivity index (χ0v) is 12.2. The van der Waals surface area contributed by atoms with Gasteiger partial charge in [-0.2, -0.15) is 0 Å². The minimum absolute atomic E-state index is 0.350. The van der Waals surface area contributed by atoms with Gasteiger partial charge in [-0.3, -0.25) is 0 Å². The van der Waals surface area contributed by atoms with Crippen LogP contribution in [0.4, 0.5) is 4.79 Å². The topological polar surface area (TPSA) is 87.7 Å². The van der Waals surface area contributed by atoms with Gasteiger partial charge in [0.25, 0.3) is 0 Å². The molecule has 112 valence electrons. The highest BCUT2D eigenvalue weighted by atomic mass is 16.5. The van der Waals surface area contributed by atoms with Crippen LogP contribution in [-0.2, 0) is 9.53 Å². The molecule has 2 atom stereocenters. The summed E-state index contributed by atoms with van der Waals surface area (Å²) in [4.78, 5) is 22.6. The molecule has 0 aliphatic rings. The van der Waals surface area contributed by atoms with Crippen molar-refractivity contribution < 1.29 is 19.4 Å². The Morgan fingerprint density at radius 1 is 1.26 bits per heavy atom. The van der Waals surface area contributed by atoms with Crippen molar-refractivity contribution >= 4 is 12.0 Å². The summed E-state index contributed by atoms with van der Waals surface area (Å²) in [5.74, 6) is -0.206. The number of ether oxygens (including phenoxy) is 1. The van der Waals surface area contributed by atoms with E-state index in [1.54, 1.807) is 7.11 Å². The van der Waals surface area contributed by atoms with Crippen LogP contribution >= 0.6 is 0 Å². The van der Waals surface area contributed by atoms with Crippen molar-refractivity contribution in [1.29, 1.82) is 0 Å². The Hall–Kier alpha value is -1.30. The van der Waals surface area contributed by atoms with Crippen LogP contribution < -0.4 is 10.6 Å². The standard InChI is InChI=1S/C13H26N2O4/c1-9(2)10(3)8-14-13(18)15-11(12(16)17)6-5-7-19-4/h9-11H,5-8H2,1-4H3,(H,16,17)(H2,14,15,18). The molecule has 0 rings (SSSR count). The molecular formula is C13H26N2O4. The number of urea groups is 1. The summed E-state index contributed by atoms with van der Waals surface area (Å²) in [6.07, 6.45) is 0.951.